The lowest BCUT2D eigenvalue weighted by Crippen LogP contribution is -2.14. The molecule has 0 atom stereocenters. The van der Waals surface area contributed by atoms with Crippen molar-refractivity contribution >= 4 is 23.2 Å². The maximum atomic E-state index is 12.4. The van der Waals surface area contributed by atoms with Crippen LogP contribution in [0.4, 0.5) is 17.3 Å². The smallest absolute Gasteiger partial charge is 0.258 e. The standard InChI is InChI=1S/C21H23N5O2/c1-26(2)18-8-6-17(7-9-18)25-20(27)16-13-23-21(24-14-16)22-12-15-4-10-19(28-3)11-5-15/h4-11,13-14H,12H2,1-3H3,(H,25,27)(H,22,23,24). The van der Waals surface area contributed by atoms with Gasteiger partial charge in [0.25, 0.3) is 5.91 Å². The number of hydrogen-bond acceptors (Lipinski definition) is 6. The van der Waals surface area contributed by atoms with Gasteiger partial charge in [0.1, 0.15) is 5.75 Å². The molecular formula is C21H23N5O2. The van der Waals surface area contributed by atoms with E-state index in [-0.39, 0.29) is 5.91 Å². The minimum atomic E-state index is -0.251. The highest BCUT2D eigenvalue weighted by Gasteiger charge is 2.08. The molecule has 1 aromatic heterocycles. The largest absolute Gasteiger partial charge is 0.497 e. The van der Waals surface area contributed by atoms with Crippen LogP contribution in [0, 0.1) is 0 Å². The SMILES string of the molecule is COc1ccc(CNc2ncc(C(=O)Nc3ccc(N(C)C)cc3)cn2)cc1. The molecule has 0 aliphatic rings. The lowest BCUT2D eigenvalue weighted by molar-refractivity contribution is 0.102. The van der Waals surface area contributed by atoms with Gasteiger partial charge in [-0.1, -0.05) is 12.1 Å². The average Bonchev–Trinajstić information content (AvgIpc) is 2.73. The second kappa shape index (κ2) is 8.85. The van der Waals surface area contributed by atoms with E-state index in [1.165, 1.54) is 12.4 Å². The summed E-state index contributed by atoms with van der Waals surface area (Å²) in [7, 11) is 5.57. The van der Waals surface area contributed by atoms with Gasteiger partial charge in [-0.05, 0) is 42.0 Å². The molecule has 28 heavy (non-hydrogen) atoms. The number of nitrogens with zero attached hydrogens (tertiary/aromatic N) is 3. The zero-order valence-electron chi connectivity index (χ0n) is 16.1. The van der Waals surface area contributed by atoms with E-state index in [0.717, 1.165) is 22.7 Å². The molecule has 3 rings (SSSR count). The van der Waals surface area contributed by atoms with Gasteiger partial charge >= 0.3 is 0 Å². The predicted octanol–water partition coefficient (Wildman–Crippen LogP) is 3.42. The second-order valence-electron chi connectivity index (χ2n) is 6.39. The molecular weight excluding hydrogens is 354 g/mol. The predicted molar refractivity (Wildman–Crippen MR) is 111 cm³/mol. The zero-order chi connectivity index (χ0) is 19.9. The van der Waals surface area contributed by atoms with Crippen LogP contribution in [0.3, 0.4) is 0 Å². The molecule has 0 spiro atoms. The summed E-state index contributed by atoms with van der Waals surface area (Å²) in [6.45, 7) is 0.577. The Morgan fingerprint density at radius 2 is 1.64 bits per heavy atom. The Hall–Kier alpha value is -3.61. The molecule has 1 amide bonds. The Bertz CT molecular complexity index is 907. The number of hydrogen-bond donors (Lipinski definition) is 2. The van der Waals surface area contributed by atoms with Gasteiger partial charge in [-0.2, -0.15) is 0 Å². The number of carbonyl (C=O) groups is 1. The molecule has 2 aromatic carbocycles. The van der Waals surface area contributed by atoms with Crippen molar-refractivity contribution < 1.29 is 9.53 Å². The molecule has 7 heteroatoms. The van der Waals surface area contributed by atoms with Crippen molar-refractivity contribution in [3.8, 4) is 5.75 Å². The molecule has 0 aliphatic carbocycles. The van der Waals surface area contributed by atoms with Crippen LogP contribution in [-0.4, -0.2) is 37.1 Å². The summed E-state index contributed by atoms with van der Waals surface area (Å²) >= 11 is 0. The number of carbonyl (C=O) groups excluding carboxylic acids is 1. The van der Waals surface area contributed by atoms with Crippen LogP contribution in [0.25, 0.3) is 0 Å². The number of aromatic nitrogens is 2. The van der Waals surface area contributed by atoms with Crippen molar-refractivity contribution in [2.24, 2.45) is 0 Å². The normalized spacial score (nSPS) is 10.2. The minimum absolute atomic E-state index is 0.251. The van der Waals surface area contributed by atoms with Gasteiger partial charge in [0.15, 0.2) is 0 Å². The van der Waals surface area contributed by atoms with Crippen LogP contribution in [0.15, 0.2) is 60.9 Å². The molecule has 1 heterocycles. The van der Waals surface area contributed by atoms with Crippen LogP contribution in [0.5, 0.6) is 5.75 Å². The van der Waals surface area contributed by atoms with Crippen LogP contribution >= 0.6 is 0 Å². The summed E-state index contributed by atoms with van der Waals surface area (Å²) in [6.07, 6.45) is 3.01. The van der Waals surface area contributed by atoms with Crippen LogP contribution < -0.4 is 20.3 Å². The van der Waals surface area contributed by atoms with E-state index in [9.17, 15) is 4.79 Å². The zero-order valence-corrected chi connectivity index (χ0v) is 16.1. The fraction of sp³-hybridized carbons (Fsp3) is 0.190. The minimum Gasteiger partial charge on any atom is -0.497 e. The molecule has 0 aliphatic heterocycles. The fourth-order valence-electron chi connectivity index (χ4n) is 2.51. The maximum absolute atomic E-state index is 12.4. The number of ether oxygens (including phenoxy) is 1. The molecule has 0 bridgehead atoms. The molecule has 0 unspecified atom stereocenters. The fourth-order valence-corrected chi connectivity index (χ4v) is 2.51. The van der Waals surface area contributed by atoms with Crippen molar-refractivity contribution in [1.29, 1.82) is 0 Å². The van der Waals surface area contributed by atoms with Gasteiger partial charge in [-0.15, -0.1) is 0 Å². The summed E-state index contributed by atoms with van der Waals surface area (Å²) in [5, 5.41) is 5.97. The number of nitrogens with one attached hydrogen (secondary N) is 2. The Morgan fingerprint density at radius 3 is 2.21 bits per heavy atom. The van der Waals surface area contributed by atoms with Crippen molar-refractivity contribution in [3.05, 3.63) is 72.1 Å². The first-order valence-corrected chi connectivity index (χ1v) is 8.83. The summed E-state index contributed by atoms with van der Waals surface area (Å²) < 4.78 is 5.14. The second-order valence-corrected chi connectivity index (χ2v) is 6.39. The first kappa shape index (κ1) is 19.2. The van der Waals surface area contributed by atoms with E-state index >= 15 is 0 Å². The van der Waals surface area contributed by atoms with Crippen molar-refractivity contribution in [2.75, 3.05) is 36.7 Å². The first-order valence-electron chi connectivity index (χ1n) is 8.83. The highest BCUT2D eigenvalue weighted by molar-refractivity contribution is 6.03. The van der Waals surface area contributed by atoms with Gasteiger partial charge in [-0.25, -0.2) is 9.97 Å². The third-order valence-electron chi connectivity index (χ3n) is 4.17. The van der Waals surface area contributed by atoms with E-state index in [2.05, 4.69) is 20.6 Å². The number of benzene rings is 2. The molecule has 2 N–H and O–H groups in total. The highest BCUT2D eigenvalue weighted by atomic mass is 16.5. The van der Waals surface area contributed by atoms with Gasteiger partial charge in [-0.3, -0.25) is 4.79 Å². The molecule has 0 saturated carbocycles. The number of methoxy groups -OCH3 is 1. The van der Waals surface area contributed by atoms with Crippen LogP contribution in [-0.2, 0) is 6.54 Å². The van der Waals surface area contributed by atoms with E-state index in [1.807, 2.05) is 67.5 Å². The Labute approximate surface area is 164 Å². The number of anilines is 3. The molecule has 144 valence electrons. The summed E-state index contributed by atoms with van der Waals surface area (Å²) in [6, 6.07) is 15.3. The molecule has 3 aromatic rings. The summed E-state index contributed by atoms with van der Waals surface area (Å²) in [5.41, 5.74) is 3.25. The van der Waals surface area contributed by atoms with E-state index in [1.54, 1.807) is 7.11 Å². The van der Waals surface area contributed by atoms with E-state index in [0.29, 0.717) is 18.1 Å². The summed E-state index contributed by atoms with van der Waals surface area (Å²) in [4.78, 5) is 22.8. The van der Waals surface area contributed by atoms with E-state index in [4.69, 9.17) is 4.74 Å². The summed E-state index contributed by atoms with van der Waals surface area (Å²) in [5.74, 6) is 1.02. The highest BCUT2D eigenvalue weighted by Crippen LogP contribution is 2.16. The Kier molecular flexibility index (Phi) is 6.06. The quantitative estimate of drug-likeness (QED) is 0.657. The topological polar surface area (TPSA) is 79.4 Å². The van der Waals surface area contributed by atoms with Gasteiger partial charge in [0, 0.05) is 44.4 Å². The molecule has 0 saturated heterocycles. The van der Waals surface area contributed by atoms with Crippen molar-refractivity contribution in [3.63, 3.8) is 0 Å². The number of amides is 1. The van der Waals surface area contributed by atoms with Gasteiger partial charge < -0.3 is 20.3 Å². The molecule has 0 fully saturated rings. The van der Waals surface area contributed by atoms with E-state index < -0.39 is 0 Å². The monoisotopic (exact) mass is 377 g/mol. The van der Waals surface area contributed by atoms with Crippen LogP contribution in [0.1, 0.15) is 15.9 Å². The first-order chi connectivity index (χ1) is 13.5. The van der Waals surface area contributed by atoms with Crippen molar-refractivity contribution in [2.45, 2.75) is 6.54 Å². The molecule has 7 nitrogen and oxygen atoms in total. The van der Waals surface area contributed by atoms with Gasteiger partial charge in [0.05, 0.1) is 12.7 Å². The van der Waals surface area contributed by atoms with Crippen molar-refractivity contribution in [1.82, 2.24) is 9.97 Å². The van der Waals surface area contributed by atoms with Gasteiger partial charge in [0.2, 0.25) is 5.95 Å². The number of rotatable bonds is 7. The third kappa shape index (κ3) is 4.97. The molecule has 0 radical (unpaired) electrons. The third-order valence-corrected chi connectivity index (χ3v) is 4.17. The lowest BCUT2D eigenvalue weighted by atomic mass is 10.2. The lowest BCUT2D eigenvalue weighted by Gasteiger charge is -2.13. The average molecular weight is 377 g/mol. The Balaban J connectivity index is 1.56. The Morgan fingerprint density at radius 1 is 1.00 bits per heavy atom. The van der Waals surface area contributed by atoms with Crippen LogP contribution in [0.2, 0.25) is 0 Å². The maximum Gasteiger partial charge on any atom is 0.258 e.